The van der Waals surface area contributed by atoms with E-state index in [9.17, 15) is 14.6 Å². The Kier molecular flexibility index (Phi) is 9.81. The van der Waals surface area contributed by atoms with Gasteiger partial charge >= 0.3 is 0 Å². The number of unbranched alkanes of at least 4 members (excludes halogenated alkanes) is 2. The van der Waals surface area contributed by atoms with Crippen molar-refractivity contribution in [2.45, 2.75) is 63.3 Å². The molecule has 0 amide bonds. The molecule has 1 aliphatic carbocycles. The number of hydrogen-bond donors (Lipinski definition) is 3. The molecule has 1 aromatic rings. The number of ether oxygens (including phenoxy) is 1. The molecule has 0 bridgehead atoms. The zero-order valence-corrected chi connectivity index (χ0v) is 15.9. The highest BCUT2D eigenvalue weighted by molar-refractivity contribution is 5.20. The lowest BCUT2D eigenvalue weighted by molar-refractivity contribution is 0.0955. The highest BCUT2D eigenvalue weighted by Crippen LogP contribution is 2.38. The van der Waals surface area contributed by atoms with Crippen LogP contribution in [0.25, 0.3) is 0 Å². The summed E-state index contributed by atoms with van der Waals surface area (Å²) in [7, 11) is 0. The van der Waals surface area contributed by atoms with Crippen LogP contribution in [0.5, 0.6) is 5.75 Å². The number of rotatable bonds is 12. The van der Waals surface area contributed by atoms with Gasteiger partial charge in [-0.05, 0) is 68.9 Å². The average molecular weight is 380 g/mol. The van der Waals surface area contributed by atoms with Crippen LogP contribution in [0.4, 0.5) is 4.39 Å². The maximum absolute atomic E-state index is 14.2. The molecule has 0 radical (unpaired) electrons. The molecule has 1 aliphatic rings. The second kappa shape index (κ2) is 12.1. The van der Waals surface area contributed by atoms with E-state index in [2.05, 4.69) is 6.08 Å². The summed E-state index contributed by atoms with van der Waals surface area (Å²) in [4.78, 5) is 0. The molecule has 0 aromatic heterocycles. The van der Waals surface area contributed by atoms with Crippen LogP contribution in [-0.4, -0.2) is 46.9 Å². The van der Waals surface area contributed by atoms with Gasteiger partial charge in [-0.2, -0.15) is 0 Å². The molecule has 0 unspecified atom stereocenters. The topological polar surface area (TPSA) is 69.9 Å². The number of halogens is 1. The van der Waals surface area contributed by atoms with E-state index in [0.29, 0.717) is 31.4 Å². The first-order valence-corrected chi connectivity index (χ1v) is 10.1. The van der Waals surface area contributed by atoms with Crippen molar-refractivity contribution in [2.75, 3.05) is 13.2 Å². The van der Waals surface area contributed by atoms with Crippen molar-refractivity contribution in [3.63, 3.8) is 0 Å². The molecule has 1 saturated carbocycles. The van der Waals surface area contributed by atoms with Crippen LogP contribution in [0.3, 0.4) is 0 Å². The lowest BCUT2D eigenvalue weighted by atomic mass is 9.86. The van der Waals surface area contributed by atoms with Crippen LogP contribution >= 0.6 is 0 Å². The van der Waals surface area contributed by atoms with Gasteiger partial charge in [0, 0.05) is 6.61 Å². The van der Waals surface area contributed by atoms with E-state index in [1.807, 2.05) is 24.3 Å². The third-order valence-electron chi connectivity index (χ3n) is 5.36. The van der Waals surface area contributed by atoms with Crippen LogP contribution in [0.1, 0.15) is 44.9 Å². The van der Waals surface area contributed by atoms with E-state index in [4.69, 9.17) is 9.84 Å². The van der Waals surface area contributed by atoms with Gasteiger partial charge in [0.2, 0.25) is 0 Å². The number of alkyl halides is 1. The summed E-state index contributed by atoms with van der Waals surface area (Å²) in [6, 6.07) is 9.18. The van der Waals surface area contributed by atoms with Gasteiger partial charge in [-0.1, -0.05) is 30.4 Å². The zero-order chi connectivity index (χ0) is 19.5. The van der Waals surface area contributed by atoms with Crippen molar-refractivity contribution in [1.82, 2.24) is 0 Å². The summed E-state index contributed by atoms with van der Waals surface area (Å²) in [5.74, 6) is 0.536. The van der Waals surface area contributed by atoms with Gasteiger partial charge in [0.15, 0.2) is 0 Å². The Morgan fingerprint density at radius 1 is 1.07 bits per heavy atom. The van der Waals surface area contributed by atoms with Gasteiger partial charge in [0.05, 0.1) is 12.2 Å². The van der Waals surface area contributed by atoms with Gasteiger partial charge in [0.25, 0.3) is 0 Å². The van der Waals surface area contributed by atoms with Crippen molar-refractivity contribution in [2.24, 2.45) is 11.8 Å². The van der Waals surface area contributed by atoms with Crippen molar-refractivity contribution in [3.05, 3.63) is 42.5 Å². The van der Waals surface area contributed by atoms with Crippen molar-refractivity contribution in [3.8, 4) is 5.75 Å². The van der Waals surface area contributed by atoms with Gasteiger partial charge in [0.1, 0.15) is 18.5 Å². The quantitative estimate of drug-likeness (QED) is 0.382. The number of hydrogen-bond acceptors (Lipinski definition) is 4. The summed E-state index contributed by atoms with van der Waals surface area (Å²) in [6.45, 7) is 0.215. The van der Waals surface area contributed by atoms with Gasteiger partial charge in [-0.15, -0.1) is 0 Å². The number of aliphatic hydroxyl groups is 3. The first-order valence-electron chi connectivity index (χ1n) is 10.1. The maximum Gasteiger partial charge on any atom is 0.134 e. The molecule has 5 heteroatoms. The van der Waals surface area contributed by atoms with Crippen molar-refractivity contribution in [1.29, 1.82) is 0 Å². The van der Waals surface area contributed by atoms with Crippen LogP contribution in [0.15, 0.2) is 42.5 Å². The third kappa shape index (κ3) is 7.60. The maximum atomic E-state index is 14.2. The number of allylic oxidation sites excluding steroid dienone is 2. The fraction of sp³-hybridized carbons (Fsp3) is 0.636. The zero-order valence-electron chi connectivity index (χ0n) is 15.9. The second-order valence-electron chi connectivity index (χ2n) is 7.42. The Hall–Kier alpha value is -1.43. The molecule has 2 rings (SSSR count). The lowest BCUT2D eigenvalue weighted by Gasteiger charge is -2.23. The minimum atomic E-state index is -1.09. The Bertz CT molecular complexity index is 536. The molecule has 4 nitrogen and oxygen atoms in total. The van der Waals surface area contributed by atoms with E-state index < -0.39 is 18.4 Å². The Morgan fingerprint density at radius 3 is 2.56 bits per heavy atom. The molecule has 0 heterocycles. The molecule has 5 atom stereocenters. The highest BCUT2D eigenvalue weighted by atomic mass is 19.1. The number of aliphatic hydroxyl groups excluding tert-OH is 3. The predicted octanol–water partition coefficient (Wildman–Crippen LogP) is 3.65. The van der Waals surface area contributed by atoms with Gasteiger partial charge < -0.3 is 20.1 Å². The van der Waals surface area contributed by atoms with Crippen LogP contribution in [0.2, 0.25) is 0 Å². The molecule has 1 fully saturated rings. The second-order valence-corrected chi connectivity index (χ2v) is 7.42. The molecule has 0 saturated heterocycles. The summed E-state index contributed by atoms with van der Waals surface area (Å²) in [6.07, 6.45) is 6.46. The van der Waals surface area contributed by atoms with Crippen LogP contribution in [-0.2, 0) is 0 Å². The molecule has 27 heavy (non-hydrogen) atoms. The fourth-order valence-electron chi connectivity index (χ4n) is 3.81. The van der Waals surface area contributed by atoms with E-state index in [0.717, 1.165) is 19.3 Å². The van der Waals surface area contributed by atoms with Gasteiger partial charge in [-0.3, -0.25) is 0 Å². The normalized spacial score (nSPS) is 26.5. The average Bonchev–Trinajstić information content (AvgIpc) is 2.94. The summed E-state index contributed by atoms with van der Waals surface area (Å²) in [5.41, 5.74) is 0. The smallest absolute Gasteiger partial charge is 0.134 e. The fourth-order valence-corrected chi connectivity index (χ4v) is 3.81. The first-order chi connectivity index (χ1) is 13.1. The lowest BCUT2D eigenvalue weighted by Crippen LogP contribution is -2.24. The highest BCUT2D eigenvalue weighted by Gasteiger charge is 2.40. The third-order valence-corrected chi connectivity index (χ3v) is 5.36. The molecule has 152 valence electrons. The minimum Gasteiger partial charge on any atom is -0.491 e. The van der Waals surface area contributed by atoms with Crippen molar-refractivity contribution < 1.29 is 24.4 Å². The molecular formula is C22H33FO4. The summed E-state index contributed by atoms with van der Waals surface area (Å²) < 4.78 is 19.7. The summed E-state index contributed by atoms with van der Waals surface area (Å²) >= 11 is 0. The Morgan fingerprint density at radius 2 is 1.81 bits per heavy atom. The van der Waals surface area contributed by atoms with E-state index >= 15 is 0 Å². The molecule has 0 spiro atoms. The van der Waals surface area contributed by atoms with E-state index in [1.165, 1.54) is 0 Å². The largest absolute Gasteiger partial charge is 0.491 e. The van der Waals surface area contributed by atoms with Crippen molar-refractivity contribution >= 4 is 0 Å². The van der Waals surface area contributed by atoms with Gasteiger partial charge in [-0.25, -0.2) is 4.39 Å². The SMILES string of the molecule is OCCCCC=CC[C@@H]1[C@@H](CC[C@@H](F)COc2ccccc2)[C@H](O)C[C@@H]1O. The predicted molar refractivity (Wildman–Crippen MR) is 104 cm³/mol. The van der Waals surface area contributed by atoms with E-state index in [-0.39, 0.29) is 25.0 Å². The molecule has 3 N–H and O–H groups in total. The monoisotopic (exact) mass is 380 g/mol. The number of benzene rings is 1. The first kappa shape index (κ1) is 21.9. The van der Waals surface area contributed by atoms with Crippen LogP contribution < -0.4 is 4.74 Å². The molecular weight excluding hydrogens is 347 g/mol. The Labute approximate surface area is 161 Å². The van der Waals surface area contributed by atoms with Crippen LogP contribution in [0, 0.1) is 11.8 Å². The minimum absolute atomic E-state index is 0.00477. The summed E-state index contributed by atoms with van der Waals surface area (Å²) in [5, 5.41) is 29.3. The Balaban J connectivity index is 1.74. The number of para-hydroxylation sites is 1. The van der Waals surface area contributed by atoms with E-state index in [1.54, 1.807) is 12.1 Å². The molecule has 0 aliphatic heterocycles. The standard InChI is InChI=1S/C22H33FO4/c23-17(16-27-18-9-5-4-6-10-18)12-13-20-19(21(25)15-22(20)26)11-7-2-1-3-8-14-24/h2,4-7,9-10,17,19-22,24-26H,1,3,8,11-16H2/t17-,19-,20-,21+,22-/m1/s1. The molecule has 1 aromatic carbocycles.